The maximum Gasteiger partial charge on any atom is 0.305 e. The van der Waals surface area contributed by atoms with Crippen LogP contribution in [0.15, 0.2) is 30.3 Å². The van der Waals surface area contributed by atoms with Crippen molar-refractivity contribution in [2.75, 3.05) is 33.5 Å². The monoisotopic (exact) mass is 279 g/mol. The summed E-state index contributed by atoms with van der Waals surface area (Å²) < 4.78 is 10.8. The molecule has 1 aromatic carbocycles. The lowest BCUT2D eigenvalue weighted by Gasteiger charge is -2.40. The van der Waals surface area contributed by atoms with Crippen molar-refractivity contribution in [2.45, 2.75) is 18.5 Å². The number of carbonyl (C=O) groups is 1. The molecule has 2 atom stereocenters. The molecule has 0 saturated carbocycles. The number of ether oxygens (including phenoxy) is 2. The number of hydrogen-bond donors (Lipinski definition) is 1. The van der Waals surface area contributed by atoms with E-state index < -0.39 is 5.97 Å². The van der Waals surface area contributed by atoms with E-state index in [0.29, 0.717) is 19.8 Å². The van der Waals surface area contributed by atoms with E-state index >= 15 is 0 Å². The molecule has 1 aliphatic rings. The zero-order valence-corrected chi connectivity index (χ0v) is 11.7. The second-order valence-corrected chi connectivity index (χ2v) is 4.95. The molecule has 1 N–H and O–H groups in total. The van der Waals surface area contributed by atoms with Crippen LogP contribution in [0, 0.1) is 0 Å². The molecule has 1 aliphatic heterocycles. The molecule has 20 heavy (non-hydrogen) atoms. The summed E-state index contributed by atoms with van der Waals surface area (Å²) in [7, 11) is 1.67. The third-order valence-corrected chi connectivity index (χ3v) is 3.59. The fourth-order valence-electron chi connectivity index (χ4n) is 2.67. The van der Waals surface area contributed by atoms with Crippen LogP contribution in [0.2, 0.25) is 0 Å². The van der Waals surface area contributed by atoms with Crippen molar-refractivity contribution in [2.24, 2.45) is 0 Å². The summed E-state index contributed by atoms with van der Waals surface area (Å²) >= 11 is 0. The summed E-state index contributed by atoms with van der Waals surface area (Å²) in [6.07, 6.45) is 0.0903. The summed E-state index contributed by atoms with van der Waals surface area (Å²) in [6.45, 7) is 2.35. The van der Waals surface area contributed by atoms with Crippen LogP contribution in [-0.4, -0.2) is 55.5 Å². The number of rotatable bonds is 6. The smallest absolute Gasteiger partial charge is 0.305 e. The standard InChI is InChI=1S/C15H21NO4/c1-19-11-14(12-5-3-2-4-6-12)16-7-8-20-10-13(16)9-15(17)18/h2-6,13-14H,7-11H2,1H3,(H,17,18). The van der Waals surface area contributed by atoms with Gasteiger partial charge in [-0.1, -0.05) is 30.3 Å². The first-order chi connectivity index (χ1) is 9.72. The number of methoxy groups -OCH3 is 1. The van der Waals surface area contributed by atoms with E-state index in [-0.39, 0.29) is 18.5 Å². The third-order valence-electron chi connectivity index (χ3n) is 3.59. The topological polar surface area (TPSA) is 59.0 Å². The van der Waals surface area contributed by atoms with Crippen LogP contribution in [0.5, 0.6) is 0 Å². The lowest BCUT2D eigenvalue weighted by molar-refractivity contribution is -0.141. The van der Waals surface area contributed by atoms with Gasteiger partial charge in [0.1, 0.15) is 0 Å². The molecule has 2 rings (SSSR count). The van der Waals surface area contributed by atoms with E-state index in [9.17, 15) is 4.79 Å². The lowest BCUT2D eigenvalue weighted by atomic mass is 10.0. The van der Waals surface area contributed by atoms with Crippen LogP contribution in [0.1, 0.15) is 18.0 Å². The number of aliphatic carboxylic acids is 1. The van der Waals surface area contributed by atoms with Gasteiger partial charge in [0, 0.05) is 19.7 Å². The first kappa shape index (κ1) is 15.0. The van der Waals surface area contributed by atoms with Gasteiger partial charge in [-0.3, -0.25) is 9.69 Å². The highest BCUT2D eigenvalue weighted by Crippen LogP contribution is 2.26. The average Bonchev–Trinajstić information content (AvgIpc) is 2.46. The Labute approximate surface area is 119 Å². The van der Waals surface area contributed by atoms with Crippen LogP contribution in [0.3, 0.4) is 0 Å². The molecule has 2 unspecified atom stereocenters. The van der Waals surface area contributed by atoms with Crippen molar-refractivity contribution in [3.05, 3.63) is 35.9 Å². The van der Waals surface area contributed by atoms with Gasteiger partial charge in [-0.15, -0.1) is 0 Å². The minimum Gasteiger partial charge on any atom is -0.481 e. The summed E-state index contributed by atoms with van der Waals surface area (Å²) in [5.74, 6) is -0.797. The molecule has 0 amide bonds. The minimum atomic E-state index is -0.797. The fourth-order valence-corrected chi connectivity index (χ4v) is 2.67. The van der Waals surface area contributed by atoms with E-state index in [1.54, 1.807) is 7.11 Å². The normalized spacial score (nSPS) is 21.6. The predicted octanol–water partition coefficient (Wildman–Crippen LogP) is 1.55. The molecule has 0 aliphatic carbocycles. The Morgan fingerprint density at radius 3 is 2.90 bits per heavy atom. The minimum absolute atomic E-state index is 0.0643. The number of carboxylic acid groups (broad SMARTS) is 1. The number of hydrogen-bond acceptors (Lipinski definition) is 4. The van der Waals surface area contributed by atoms with Gasteiger partial charge in [-0.05, 0) is 5.56 Å². The summed E-state index contributed by atoms with van der Waals surface area (Å²) in [4.78, 5) is 13.2. The number of benzene rings is 1. The summed E-state index contributed by atoms with van der Waals surface area (Å²) in [5, 5.41) is 9.05. The zero-order valence-electron chi connectivity index (χ0n) is 11.7. The first-order valence-corrected chi connectivity index (χ1v) is 6.81. The SMILES string of the molecule is COCC(c1ccccc1)N1CCOCC1CC(=O)O. The highest BCUT2D eigenvalue weighted by Gasteiger charge is 2.31. The molecule has 0 radical (unpaired) electrons. The van der Waals surface area contributed by atoms with Crippen molar-refractivity contribution in [3.8, 4) is 0 Å². The zero-order chi connectivity index (χ0) is 14.4. The number of morpholine rings is 1. The average molecular weight is 279 g/mol. The Balaban J connectivity index is 2.19. The molecular weight excluding hydrogens is 258 g/mol. The molecule has 110 valence electrons. The Morgan fingerprint density at radius 1 is 1.50 bits per heavy atom. The molecule has 5 nitrogen and oxygen atoms in total. The largest absolute Gasteiger partial charge is 0.481 e. The quantitative estimate of drug-likeness (QED) is 0.856. The van der Waals surface area contributed by atoms with Gasteiger partial charge in [-0.2, -0.15) is 0 Å². The molecule has 0 spiro atoms. The van der Waals surface area contributed by atoms with Gasteiger partial charge in [-0.25, -0.2) is 0 Å². The van der Waals surface area contributed by atoms with Crippen LogP contribution >= 0.6 is 0 Å². The van der Waals surface area contributed by atoms with Gasteiger partial charge >= 0.3 is 5.97 Å². The van der Waals surface area contributed by atoms with Gasteiger partial charge in [0.15, 0.2) is 0 Å². The number of carboxylic acids is 1. The van der Waals surface area contributed by atoms with Crippen molar-refractivity contribution in [1.29, 1.82) is 0 Å². The van der Waals surface area contributed by atoms with Gasteiger partial charge < -0.3 is 14.6 Å². The van der Waals surface area contributed by atoms with Crippen molar-refractivity contribution in [1.82, 2.24) is 4.90 Å². The Morgan fingerprint density at radius 2 is 2.25 bits per heavy atom. The van der Waals surface area contributed by atoms with Crippen LogP contribution < -0.4 is 0 Å². The molecule has 1 fully saturated rings. The predicted molar refractivity (Wildman–Crippen MR) is 74.6 cm³/mol. The summed E-state index contributed by atoms with van der Waals surface area (Å²) in [6, 6.07) is 10.0. The lowest BCUT2D eigenvalue weighted by Crippen LogP contribution is -2.49. The van der Waals surface area contributed by atoms with Crippen molar-refractivity contribution in [3.63, 3.8) is 0 Å². The number of nitrogens with zero attached hydrogens (tertiary/aromatic N) is 1. The second-order valence-electron chi connectivity index (χ2n) is 4.95. The fraction of sp³-hybridized carbons (Fsp3) is 0.533. The maximum atomic E-state index is 11.0. The molecule has 0 aromatic heterocycles. The van der Waals surface area contributed by atoms with E-state index in [2.05, 4.69) is 17.0 Å². The third kappa shape index (κ3) is 3.79. The van der Waals surface area contributed by atoms with Crippen molar-refractivity contribution >= 4 is 5.97 Å². The molecule has 0 bridgehead atoms. The summed E-state index contributed by atoms with van der Waals surface area (Å²) in [5.41, 5.74) is 1.15. The van der Waals surface area contributed by atoms with E-state index in [0.717, 1.165) is 12.1 Å². The molecule has 1 saturated heterocycles. The molecular formula is C15H21NO4. The highest BCUT2D eigenvalue weighted by atomic mass is 16.5. The first-order valence-electron chi connectivity index (χ1n) is 6.81. The van der Waals surface area contributed by atoms with E-state index in [1.807, 2.05) is 18.2 Å². The molecule has 1 heterocycles. The Hall–Kier alpha value is -1.43. The maximum absolute atomic E-state index is 11.0. The van der Waals surface area contributed by atoms with Crippen LogP contribution in [0.25, 0.3) is 0 Å². The van der Waals surface area contributed by atoms with Crippen molar-refractivity contribution < 1.29 is 19.4 Å². The van der Waals surface area contributed by atoms with E-state index in [4.69, 9.17) is 14.6 Å². The molecule has 5 heteroatoms. The Kier molecular flexibility index (Phi) is 5.52. The Bertz CT molecular complexity index is 423. The molecule has 1 aromatic rings. The second kappa shape index (κ2) is 7.38. The van der Waals surface area contributed by atoms with Crippen LogP contribution in [-0.2, 0) is 14.3 Å². The van der Waals surface area contributed by atoms with Gasteiger partial charge in [0.2, 0.25) is 0 Å². The van der Waals surface area contributed by atoms with Gasteiger partial charge in [0.25, 0.3) is 0 Å². The van der Waals surface area contributed by atoms with E-state index in [1.165, 1.54) is 0 Å². The highest BCUT2D eigenvalue weighted by molar-refractivity contribution is 5.67. The van der Waals surface area contributed by atoms with Gasteiger partial charge in [0.05, 0.1) is 32.3 Å². The van der Waals surface area contributed by atoms with Crippen LogP contribution in [0.4, 0.5) is 0 Å².